The first-order valence-electron chi connectivity index (χ1n) is 9.37. The van der Waals surface area contributed by atoms with Crippen LogP contribution in [-0.2, 0) is 4.79 Å². The highest BCUT2D eigenvalue weighted by Gasteiger charge is 2.33. The normalized spacial score (nSPS) is 14.5. The number of anilines is 1. The second-order valence-electron chi connectivity index (χ2n) is 6.69. The number of hydrogen-bond donors (Lipinski definition) is 0. The van der Waals surface area contributed by atoms with E-state index in [4.69, 9.17) is 17.0 Å². The summed E-state index contributed by atoms with van der Waals surface area (Å²) in [5.41, 5.74) is 0.473. The zero-order chi connectivity index (χ0) is 23.5. The van der Waals surface area contributed by atoms with E-state index in [0.29, 0.717) is 26.2 Å². The molecule has 4 rings (SSSR count). The Bertz CT molecular complexity index is 1310. The molecule has 0 N–H and O–H groups in total. The van der Waals surface area contributed by atoms with Crippen LogP contribution in [0.4, 0.5) is 17.1 Å². The van der Waals surface area contributed by atoms with Gasteiger partial charge in [0.1, 0.15) is 5.75 Å². The zero-order valence-electron chi connectivity index (χ0n) is 16.6. The molecular formula is C22H13N3O6S2. The van der Waals surface area contributed by atoms with Crippen LogP contribution in [-0.4, -0.2) is 20.1 Å². The molecule has 0 aliphatic carbocycles. The molecule has 1 aliphatic heterocycles. The minimum Gasteiger partial charge on any atom is -0.450 e. The summed E-state index contributed by atoms with van der Waals surface area (Å²) in [6.45, 7) is 0. The molecule has 9 nitrogen and oxygen atoms in total. The van der Waals surface area contributed by atoms with Crippen molar-refractivity contribution < 1.29 is 19.4 Å². The smallest absolute Gasteiger partial charge is 0.318 e. The molecule has 0 unspecified atom stereocenters. The fourth-order valence-electron chi connectivity index (χ4n) is 3.03. The van der Waals surface area contributed by atoms with E-state index in [1.165, 1.54) is 22.7 Å². The minimum absolute atomic E-state index is 0.123. The van der Waals surface area contributed by atoms with Gasteiger partial charge in [0.15, 0.2) is 4.32 Å². The number of para-hydroxylation sites is 1. The lowest BCUT2D eigenvalue weighted by Gasteiger charge is -2.13. The Morgan fingerprint density at radius 3 is 2.27 bits per heavy atom. The quantitative estimate of drug-likeness (QED) is 0.191. The monoisotopic (exact) mass is 479 g/mol. The van der Waals surface area contributed by atoms with E-state index in [0.717, 1.165) is 12.1 Å². The molecule has 164 valence electrons. The molecular weight excluding hydrogens is 466 g/mol. The SMILES string of the molecule is O=C1/C(=C\c2ccc(Oc3ccc([N+](=O)[O-])cc3[N+](=O)[O-])cc2)SC(=S)N1c1ccccc1. The highest BCUT2D eigenvalue weighted by Crippen LogP contribution is 2.37. The van der Waals surface area contributed by atoms with Gasteiger partial charge in [-0.3, -0.25) is 29.9 Å². The second kappa shape index (κ2) is 9.18. The van der Waals surface area contributed by atoms with Crippen molar-refractivity contribution in [3.05, 3.63) is 103 Å². The van der Waals surface area contributed by atoms with E-state index in [2.05, 4.69) is 0 Å². The maximum Gasteiger partial charge on any atom is 0.318 e. The molecule has 0 radical (unpaired) electrons. The van der Waals surface area contributed by atoms with Gasteiger partial charge in [0, 0.05) is 6.07 Å². The van der Waals surface area contributed by atoms with Crippen molar-refractivity contribution >= 4 is 57.3 Å². The summed E-state index contributed by atoms with van der Waals surface area (Å²) in [7, 11) is 0. The minimum atomic E-state index is -0.745. The summed E-state index contributed by atoms with van der Waals surface area (Å²) in [6, 6.07) is 18.8. The van der Waals surface area contributed by atoms with Crippen LogP contribution in [0, 0.1) is 20.2 Å². The number of carbonyl (C=O) groups is 1. The van der Waals surface area contributed by atoms with Gasteiger partial charge in [-0.15, -0.1) is 0 Å². The summed E-state index contributed by atoms with van der Waals surface area (Å²) in [5.74, 6) is -0.0546. The van der Waals surface area contributed by atoms with Crippen LogP contribution in [0.1, 0.15) is 5.56 Å². The lowest BCUT2D eigenvalue weighted by atomic mass is 10.2. The van der Waals surface area contributed by atoms with Crippen molar-refractivity contribution in [3.8, 4) is 11.5 Å². The van der Waals surface area contributed by atoms with Gasteiger partial charge in [0.2, 0.25) is 5.75 Å². The number of rotatable bonds is 6. The van der Waals surface area contributed by atoms with Crippen molar-refractivity contribution in [2.24, 2.45) is 0 Å². The number of carbonyl (C=O) groups excluding carboxylic acids is 1. The first kappa shape index (κ1) is 22.1. The molecule has 0 saturated carbocycles. The third-order valence-corrected chi connectivity index (χ3v) is 5.87. The van der Waals surface area contributed by atoms with Crippen LogP contribution >= 0.6 is 24.0 Å². The van der Waals surface area contributed by atoms with E-state index in [1.807, 2.05) is 18.2 Å². The number of amides is 1. The van der Waals surface area contributed by atoms with Gasteiger partial charge in [-0.05, 0) is 42.0 Å². The Labute approximate surface area is 196 Å². The summed E-state index contributed by atoms with van der Waals surface area (Å²) >= 11 is 6.55. The molecule has 0 aromatic heterocycles. The van der Waals surface area contributed by atoms with E-state index < -0.39 is 21.2 Å². The zero-order valence-corrected chi connectivity index (χ0v) is 18.2. The van der Waals surface area contributed by atoms with Gasteiger partial charge in [-0.2, -0.15) is 0 Å². The van der Waals surface area contributed by atoms with Crippen molar-refractivity contribution in [1.29, 1.82) is 0 Å². The number of thiocarbonyl (C=S) groups is 1. The Morgan fingerprint density at radius 1 is 0.939 bits per heavy atom. The van der Waals surface area contributed by atoms with Crippen LogP contribution in [0.3, 0.4) is 0 Å². The van der Waals surface area contributed by atoms with Crippen molar-refractivity contribution in [1.82, 2.24) is 0 Å². The Hall–Kier alpha value is -4.09. The van der Waals surface area contributed by atoms with Crippen LogP contribution in [0.25, 0.3) is 6.08 Å². The lowest BCUT2D eigenvalue weighted by Crippen LogP contribution is -2.27. The number of non-ortho nitro benzene ring substituents is 1. The topological polar surface area (TPSA) is 116 Å². The van der Waals surface area contributed by atoms with Gasteiger partial charge in [0.05, 0.1) is 26.5 Å². The van der Waals surface area contributed by atoms with Gasteiger partial charge in [-0.25, -0.2) is 0 Å². The molecule has 1 heterocycles. The molecule has 1 saturated heterocycles. The van der Waals surface area contributed by atoms with Crippen molar-refractivity contribution in [2.45, 2.75) is 0 Å². The molecule has 1 fully saturated rings. The maximum absolute atomic E-state index is 12.8. The molecule has 1 aliphatic rings. The standard InChI is InChI=1S/C22H13N3O6S2/c26-21-20(33-22(32)23(21)15-4-2-1-3-5-15)12-14-6-9-17(10-7-14)31-19-11-8-16(24(27)28)13-18(19)25(29)30/h1-13H/b20-12+. The first-order valence-corrected chi connectivity index (χ1v) is 10.6. The molecule has 3 aromatic rings. The lowest BCUT2D eigenvalue weighted by molar-refractivity contribution is -0.394. The molecule has 0 spiro atoms. The number of nitro groups is 2. The van der Waals surface area contributed by atoms with Crippen molar-refractivity contribution in [3.63, 3.8) is 0 Å². The van der Waals surface area contributed by atoms with Crippen LogP contribution in [0.2, 0.25) is 0 Å². The maximum atomic E-state index is 12.8. The van der Waals surface area contributed by atoms with E-state index in [9.17, 15) is 25.0 Å². The molecule has 33 heavy (non-hydrogen) atoms. The van der Waals surface area contributed by atoms with Gasteiger partial charge >= 0.3 is 5.69 Å². The fraction of sp³-hybridized carbons (Fsp3) is 0. The van der Waals surface area contributed by atoms with Crippen LogP contribution in [0.15, 0.2) is 77.7 Å². The summed E-state index contributed by atoms with van der Waals surface area (Å²) in [4.78, 5) is 35.4. The molecule has 11 heteroatoms. The molecule has 0 atom stereocenters. The molecule has 3 aromatic carbocycles. The summed E-state index contributed by atoms with van der Waals surface area (Å²) in [6.07, 6.45) is 1.69. The first-order chi connectivity index (χ1) is 15.8. The Balaban J connectivity index is 1.53. The number of nitrogens with zero attached hydrogens (tertiary/aromatic N) is 3. The van der Waals surface area contributed by atoms with E-state index >= 15 is 0 Å². The van der Waals surface area contributed by atoms with Gasteiger partial charge < -0.3 is 4.74 Å². The average Bonchev–Trinajstić information content (AvgIpc) is 3.08. The number of nitro benzene ring substituents is 2. The third-order valence-electron chi connectivity index (χ3n) is 4.56. The number of benzene rings is 3. The third kappa shape index (κ3) is 4.73. The predicted octanol–water partition coefficient (Wildman–Crippen LogP) is 5.70. The van der Waals surface area contributed by atoms with E-state index in [-0.39, 0.29) is 11.7 Å². The van der Waals surface area contributed by atoms with Gasteiger partial charge in [0.25, 0.3) is 11.6 Å². The fourth-order valence-corrected chi connectivity index (χ4v) is 4.33. The molecule has 1 amide bonds. The van der Waals surface area contributed by atoms with Crippen molar-refractivity contribution in [2.75, 3.05) is 4.90 Å². The largest absolute Gasteiger partial charge is 0.450 e. The Morgan fingerprint density at radius 2 is 1.64 bits per heavy atom. The second-order valence-corrected chi connectivity index (χ2v) is 8.37. The Kier molecular flexibility index (Phi) is 6.16. The van der Waals surface area contributed by atoms with Crippen LogP contribution in [0.5, 0.6) is 11.5 Å². The number of thioether (sulfide) groups is 1. The summed E-state index contributed by atoms with van der Waals surface area (Å²) in [5, 5.41) is 22.1. The highest BCUT2D eigenvalue weighted by molar-refractivity contribution is 8.27. The van der Waals surface area contributed by atoms with Gasteiger partial charge in [-0.1, -0.05) is 54.3 Å². The van der Waals surface area contributed by atoms with Crippen LogP contribution < -0.4 is 9.64 Å². The summed E-state index contributed by atoms with van der Waals surface area (Å²) < 4.78 is 5.99. The average molecular weight is 479 g/mol. The predicted molar refractivity (Wildman–Crippen MR) is 128 cm³/mol. The molecule has 0 bridgehead atoms. The number of hydrogen-bond acceptors (Lipinski definition) is 8. The highest BCUT2D eigenvalue weighted by atomic mass is 32.2. The van der Waals surface area contributed by atoms with E-state index in [1.54, 1.807) is 42.5 Å². The number of ether oxygens (including phenoxy) is 1.